The number of hydrogen-bond donors (Lipinski definition) is 2. The number of nitrogens with zero attached hydrogens (tertiary/aromatic N) is 7. The topological polar surface area (TPSA) is 144 Å². The summed E-state index contributed by atoms with van der Waals surface area (Å²) >= 11 is 0. The van der Waals surface area contributed by atoms with Crippen LogP contribution in [0.2, 0.25) is 0 Å². The highest BCUT2D eigenvalue weighted by molar-refractivity contribution is 5.87. The second-order valence-electron chi connectivity index (χ2n) is 8.17. The van der Waals surface area contributed by atoms with E-state index >= 15 is 0 Å². The summed E-state index contributed by atoms with van der Waals surface area (Å²) in [6.07, 6.45) is 3.65. The summed E-state index contributed by atoms with van der Waals surface area (Å²) < 4.78 is 12.5. The van der Waals surface area contributed by atoms with Crippen LogP contribution in [0.1, 0.15) is 19.1 Å². The van der Waals surface area contributed by atoms with Crippen LogP contribution in [0.15, 0.2) is 47.2 Å². The van der Waals surface area contributed by atoms with E-state index in [1.54, 1.807) is 49.4 Å². The first kappa shape index (κ1) is 22.5. The van der Waals surface area contributed by atoms with Gasteiger partial charge in [0.2, 0.25) is 11.5 Å². The Morgan fingerprint density at radius 3 is 2.69 bits per heavy atom. The molecule has 0 aromatic carbocycles. The molecular formula is C23H24N8O4. The number of likely N-dealkylation sites (N-methyl/N-ethyl adjacent to an activating group) is 1. The first-order valence-corrected chi connectivity index (χ1v) is 11.1. The maximum absolute atomic E-state index is 12.4. The molecule has 4 aromatic rings. The SMILES string of the molecule is CCOc1nn(C)cc1Nc1nccc(-c2cccc(-c3cc(C4(O)CCN(C)C4=O)on3)n2)n1. The van der Waals surface area contributed by atoms with E-state index < -0.39 is 11.5 Å². The van der Waals surface area contributed by atoms with Crippen LogP contribution in [0.4, 0.5) is 11.6 Å². The van der Waals surface area contributed by atoms with Gasteiger partial charge in [0, 0.05) is 39.3 Å². The number of amides is 1. The third kappa shape index (κ3) is 4.19. The summed E-state index contributed by atoms with van der Waals surface area (Å²) in [4.78, 5) is 27.3. The molecule has 12 nitrogen and oxygen atoms in total. The van der Waals surface area contributed by atoms with Crippen molar-refractivity contribution in [3.63, 3.8) is 0 Å². The molecule has 0 spiro atoms. The maximum atomic E-state index is 12.4. The van der Waals surface area contributed by atoms with Crippen molar-refractivity contribution in [3.8, 4) is 28.7 Å². The second-order valence-corrected chi connectivity index (χ2v) is 8.17. The number of carbonyl (C=O) groups is 1. The average Bonchev–Trinajstić information content (AvgIpc) is 3.56. The lowest BCUT2D eigenvalue weighted by Gasteiger charge is -2.16. The first-order chi connectivity index (χ1) is 16.9. The van der Waals surface area contributed by atoms with Crippen LogP contribution in [0, 0.1) is 0 Å². The Morgan fingerprint density at radius 2 is 1.94 bits per heavy atom. The van der Waals surface area contributed by atoms with Crippen molar-refractivity contribution in [1.29, 1.82) is 0 Å². The smallest absolute Gasteiger partial charge is 0.262 e. The van der Waals surface area contributed by atoms with Crippen LogP contribution in [0.25, 0.3) is 22.8 Å². The minimum atomic E-state index is -1.71. The van der Waals surface area contributed by atoms with Gasteiger partial charge in [-0.1, -0.05) is 11.2 Å². The number of anilines is 2. The van der Waals surface area contributed by atoms with Crippen LogP contribution in [-0.4, -0.2) is 66.0 Å². The zero-order valence-corrected chi connectivity index (χ0v) is 19.5. The zero-order chi connectivity index (χ0) is 24.6. The van der Waals surface area contributed by atoms with E-state index in [1.165, 1.54) is 4.90 Å². The second kappa shape index (κ2) is 8.80. The van der Waals surface area contributed by atoms with Crippen molar-refractivity contribution in [2.24, 2.45) is 7.05 Å². The van der Waals surface area contributed by atoms with Crippen LogP contribution in [0.3, 0.4) is 0 Å². The van der Waals surface area contributed by atoms with Gasteiger partial charge < -0.3 is 24.6 Å². The molecule has 1 atom stereocenters. The van der Waals surface area contributed by atoms with Crippen molar-refractivity contribution in [1.82, 2.24) is 34.8 Å². The lowest BCUT2D eigenvalue weighted by molar-refractivity contribution is -0.144. The van der Waals surface area contributed by atoms with Gasteiger partial charge in [-0.25, -0.2) is 15.0 Å². The zero-order valence-electron chi connectivity index (χ0n) is 19.5. The summed E-state index contributed by atoms with van der Waals surface area (Å²) in [7, 11) is 3.44. The van der Waals surface area contributed by atoms with Gasteiger partial charge in [-0.2, -0.15) is 0 Å². The highest BCUT2D eigenvalue weighted by Gasteiger charge is 2.48. The molecule has 0 aliphatic carbocycles. The van der Waals surface area contributed by atoms with Crippen molar-refractivity contribution in [3.05, 3.63) is 48.5 Å². The minimum absolute atomic E-state index is 0.101. The third-order valence-corrected chi connectivity index (χ3v) is 5.68. The summed E-state index contributed by atoms with van der Waals surface area (Å²) in [6.45, 7) is 2.81. The van der Waals surface area contributed by atoms with Crippen LogP contribution in [0.5, 0.6) is 5.88 Å². The monoisotopic (exact) mass is 476 g/mol. The van der Waals surface area contributed by atoms with E-state index in [9.17, 15) is 9.90 Å². The average molecular weight is 476 g/mol. The standard InChI is InChI=1S/C23H24N8O4/c1-4-34-20-18(13-31(3)28-20)27-22-24-10-8-16(26-22)14-6-5-7-15(25-14)17-12-19(35-29-17)23(33)9-11-30(2)21(23)32/h5-8,10,12-13,33H,4,9,11H2,1-3H3,(H,24,26,27). The molecule has 1 aliphatic rings. The Kier molecular flexibility index (Phi) is 5.65. The molecule has 4 aromatic heterocycles. The van der Waals surface area contributed by atoms with E-state index in [-0.39, 0.29) is 12.2 Å². The van der Waals surface area contributed by atoms with E-state index in [4.69, 9.17) is 9.26 Å². The molecule has 1 fully saturated rings. The van der Waals surface area contributed by atoms with E-state index in [1.807, 2.05) is 19.1 Å². The molecule has 1 amide bonds. The van der Waals surface area contributed by atoms with Gasteiger partial charge in [0.15, 0.2) is 5.76 Å². The number of ether oxygens (including phenoxy) is 1. The number of aryl methyl sites for hydroxylation is 1. The first-order valence-electron chi connectivity index (χ1n) is 11.1. The van der Waals surface area contributed by atoms with Crippen LogP contribution >= 0.6 is 0 Å². The number of hydrogen-bond acceptors (Lipinski definition) is 10. The molecule has 5 rings (SSSR count). The number of aromatic nitrogens is 6. The number of likely N-dealkylation sites (tertiary alicyclic amines) is 1. The van der Waals surface area contributed by atoms with Gasteiger partial charge in [-0.3, -0.25) is 9.48 Å². The van der Waals surface area contributed by atoms with Gasteiger partial charge in [0.25, 0.3) is 11.8 Å². The summed E-state index contributed by atoms with van der Waals surface area (Å²) in [5.74, 6) is 0.506. The fraction of sp³-hybridized carbons (Fsp3) is 0.304. The summed E-state index contributed by atoms with van der Waals surface area (Å²) in [6, 6.07) is 8.69. The Hall–Kier alpha value is -4.32. The van der Waals surface area contributed by atoms with E-state index in [0.717, 1.165) is 0 Å². The molecule has 12 heteroatoms. The van der Waals surface area contributed by atoms with Crippen molar-refractivity contribution in [2.75, 3.05) is 25.5 Å². The number of carbonyl (C=O) groups excluding carboxylic acids is 1. The molecule has 0 radical (unpaired) electrons. The number of nitrogens with one attached hydrogen (secondary N) is 1. The minimum Gasteiger partial charge on any atom is -0.475 e. The number of aliphatic hydroxyl groups is 1. The van der Waals surface area contributed by atoms with Crippen LogP contribution < -0.4 is 10.1 Å². The fourth-order valence-electron chi connectivity index (χ4n) is 3.87. The lowest BCUT2D eigenvalue weighted by Crippen LogP contribution is -2.35. The van der Waals surface area contributed by atoms with E-state index in [2.05, 4.69) is 30.5 Å². The molecule has 0 bridgehead atoms. The molecule has 2 N–H and O–H groups in total. The molecule has 1 aliphatic heterocycles. The van der Waals surface area contributed by atoms with Gasteiger partial charge in [0.05, 0.1) is 29.9 Å². The van der Waals surface area contributed by atoms with Gasteiger partial charge in [-0.15, -0.1) is 5.10 Å². The van der Waals surface area contributed by atoms with Crippen molar-refractivity contribution < 1.29 is 19.2 Å². The van der Waals surface area contributed by atoms with Gasteiger partial charge >= 0.3 is 0 Å². The van der Waals surface area contributed by atoms with Gasteiger partial charge in [0.1, 0.15) is 11.4 Å². The van der Waals surface area contributed by atoms with Crippen LogP contribution in [-0.2, 0) is 17.4 Å². The number of pyridine rings is 1. The Morgan fingerprint density at radius 1 is 1.17 bits per heavy atom. The summed E-state index contributed by atoms with van der Waals surface area (Å²) in [5, 5.41) is 22.3. The Labute approximate surface area is 200 Å². The Bertz CT molecular complexity index is 1380. The normalized spacial score (nSPS) is 17.7. The fourth-order valence-corrected chi connectivity index (χ4v) is 3.87. The number of rotatable bonds is 7. The molecule has 35 heavy (non-hydrogen) atoms. The predicted molar refractivity (Wildman–Crippen MR) is 125 cm³/mol. The molecular weight excluding hydrogens is 452 g/mol. The molecule has 1 saturated heterocycles. The highest BCUT2D eigenvalue weighted by Crippen LogP contribution is 2.34. The molecule has 0 saturated carbocycles. The maximum Gasteiger partial charge on any atom is 0.262 e. The van der Waals surface area contributed by atoms with E-state index in [0.29, 0.717) is 53.4 Å². The Balaban J connectivity index is 1.41. The molecule has 180 valence electrons. The quantitative estimate of drug-likeness (QED) is 0.407. The molecule has 5 heterocycles. The van der Waals surface area contributed by atoms with Crippen molar-refractivity contribution in [2.45, 2.75) is 18.9 Å². The summed E-state index contributed by atoms with van der Waals surface area (Å²) in [5.41, 5.74) is 1.02. The third-order valence-electron chi connectivity index (χ3n) is 5.68. The largest absolute Gasteiger partial charge is 0.475 e. The van der Waals surface area contributed by atoms with Crippen molar-refractivity contribution >= 4 is 17.5 Å². The molecule has 1 unspecified atom stereocenters. The predicted octanol–water partition coefficient (Wildman–Crippen LogP) is 2.12. The highest BCUT2D eigenvalue weighted by atomic mass is 16.5. The lowest BCUT2D eigenvalue weighted by atomic mass is 9.98. The van der Waals surface area contributed by atoms with Gasteiger partial charge in [-0.05, 0) is 25.1 Å².